The lowest BCUT2D eigenvalue weighted by Gasteiger charge is -2.38. The zero-order valence-corrected chi connectivity index (χ0v) is 27.2. The number of benzene rings is 2. The van der Waals surface area contributed by atoms with Gasteiger partial charge >= 0.3 is 17.9 Å². The van der Waals surface area contributed by atoms with Gasteiger partial charge in [0, 0.05) is 28.2 Å². The Morgan fingerprint density at radius 3 is 2.50 bits per heavy atom. The number of aromatic hydroxyl groups is 1. The summed E-state index contributed by atoms with van der Waals surface area (Å²) in [6, 6.07) is 12.6. The molecule has 3 N–H and O–H groups in total. The second-order valence-corrected chi connectivity index (χ2v) is 15.2. The van der Waals surface area contributed by atoms with Crippen LogP contribution in [0.1, 0.15) is 35.2 Å². The van der Waals surface area contributed by atoms with Crippen molar-refractivity contribution >= 4 is 73.2 Å². The maximum absolute atomic E-state index is 13.9. The van der Waals surface area contributed by atoms with Gasteiger partial charge in [-0.25, -0.2) is 9.59 Å². The molecule has 2 aromatic carbocycles. The highest BCUT2D eigenvalue weighted by atomic mass is 127. The van der Waals surface area contributed by atoms with Crippen LogP contribution in [0, 0.1) is 24.9 Å². The molecule has 14 heteroatoms. The smallest absolute Gasteiger partial charge is 0.344 e. The number of carbonyl (C=O) groups is 3. The van der Waals surface area contributed by atoms with Crippen LogP contribution < -0.4 is 5.32 Å². The van der Waals surface area contributed by atoms with Crippen LogP contribution in [-0.2, 0) is 43.7 Å². The molecule has 4 aliphatic rings. The maximum atomic E-state index is 13.9. The van der Waals surface area contributed by atoms with Gasteiger partial charge in [-0.15, -0.1) is 0 Å². The zero-order valence-electron chi connectivity index (χ0n) is 22.1. The first-order valence-electron chi connectivity index (χ1n) is 13.6. The van der Waals surface area contributed by atoms with Gasteiger partial charge < -0.3 is 24.6 Å². The summed E-state index contributed by atoms with van der Waals surface area (Å²) >= 11 is 3.87. The van der Waals surface area contributed by atoms with E-state index >= 15 is 0 Å². The quantitative estimate of drug-likeness (QED) is 0.183. The molecule has 6 unspecified atom stereocenters. The minimum Gasteiger partial charge on any atom is -0.506 e. The molecule has 0 amide bonds. The fourth-order valence-corrected chi connectivity index (χ4v) is 10.9. The molecule has 42 heavy (non-hydrogen) atoms. The average molecular weight is 824 g/mol. The van der Waals surface area contributed by atoms with Gasteiger partial charge in [-0.1, -0.05) is 30.3 Å². The van der Waals surface area contributed by atoms with Crippen molar-refractivity contribution < 1.29 is 51.6 Å². The Bertz CT molecular complexity index is 1530. The van der Waals surface area contributed by atoms with Crippen molar-refractivity contribution in [1.82, 2.24) is 0 Å². The molecule has 0 aromatic heterocycles. The topological polar surface area (TPSA) is 159 Å². The van der Waals surface area contributed by atoms with E-state index in [1.165, 1.54) is 6.07 Å². The van der Waals surface area contributed by atoms with Gasteiger partial charge in [-0.2, -0.15) is 8.42 Å². The molecule has 2 aliphatic carbocycles. The molecule has 2 aliphatic heterocycles. The number of hydrogen-bond acceptors (Lipinski definition) is 10. The number of phenolic OH excluding ortho intramolecular Hbond substituents is 1. The lowest BCUT2D eigenvalue weighted by atomic mass is 9.82. The number of ether oxygens (including phenoxy) is 3. The molecular formula is C28H28I2NO10S+. The van der Waals surface area contributed by atoms with Gasteiger partial charge in [0.2, 0.25) is 0 Å². The molecule has 2 saturated heterocycles. The van der Waals surface area contributed by atoms with Gasteiger partial charge in [-0.05, 0) is 69.3 Å². The Hall–Kier alpha value is -2.02. The van der Waals surface area contributed by atoms with Crippen molar-refractivity contribution in [2.24, 2.45) is 17.8 Å². The van der Waals surface area contributed by atoms with Gasteiger partial charge in [0.05, 0.1) is 22.6 Å². The molecule has 0 radical (unpaired) electrons. The van der Waals surface area contributed by atoms with Gasteiger partial charge in [-0.3, -0.25) is 8.98 Å². The largest absolute Gasteiger partial charge is 0.506 e. The summed E-state index contributed by atoms with van der Waals surface area (Å²) < 4.78 is 49.6. The third-order valence-corrected chi connectivity index (χ3v) is 12.0. The van der Waals surface area contributed by atoms with Crippen LogP contribution in [0.3, 0.4) is 0 Å². The molecule has 2 bridgehead atoms. The van der Waals surface area contributed by atoms with E-state index in [0.29, 0.717) is 26.4 Å². The normalized spacial score (nSPS) is 30.0. The molecule has 224 valence electrons. The number of nitrogens with two attached hydrogens (primary N) is 1. The first-order chi connectivity index (χ1) is 20.0. The number of phenols is 1. The highest BCUT2D eigenvalue weighted by Gasteiger charge is 2.72. The molecule has 4 fully saturated rings. The summed E-state index contributed by atoms with van der Waals surface area (Å²) in [5.41, 5.74) is -0.115. The molecule has 6 atom stereocenters. The third kappa shape index (κ3) is 5.30. The summed E-state index contributed by atoms with van der Waals surface area (Å²) in [5.74, 6) is -4.93. The van der Waals surface area contributed by atoms with Crippen LogP contribution in [-0.4, -0.2) is 68.6 Å². The number of fused-ring (bicyclic) bond motifs is 1. The van der Waals surface area contributed by atoms with E-state index in [4.69, 9.17) is 18.4 Å². The predicted octanol–water partition coefficient (Wildman–Crippen LogP) is 1.83. The Morgan fingerprint density at radius 2 is 1.79 bits per heavy atom. The second kappa shape index (κ2) is 11.5. The SMILES string of the molecule is O=C(COC(=O)c1cc(I)cc(I)c1O)OC1C2CC3C1OS(=O)(=O)C3C2C(=O)OC1(c2ccccc2)CC[NH2+]CC1. The van der Waals surface area contributed by atoms with Crippen LogP contribution >= 0.6 is 45.2 Å². The molecule has 11 nitrogen and oxygen atoms in total. The van der Waals surface area contributed by atoms with E-state index in [0.717, 1.165) is 18.7 Å². The number of carbonyl (C=O) groups excluding carboxylic acids is 3. The van der Waals surface area contributed by atoms with Gasteiger partial charge in [0.1, 0.15) is 34.4 Å². The fraction of sp³-hybridized carbons (Fsp3) is 0.464. The van der Waals surface area contributed by atoms with Crippen molar-refractivity contribution in [3.63, 3.8) is 0 Å². The average Bonchev–Trinajstić information content (AvgIpc) is 3.57. The molecule has 2 heterocycles. The highest BCUT2D eigenvalue weighted by molar-refractivity contribution is 14.1. The van der Waals surface area contributed by atoms with E-state index in [9.17, 15) is 27.9 Å². The fourth-order valence-electron chi connectivity index (χ4n) is 6.96. The predicted molar refractivity (Wildman–Crippen MR) is 161 cm³/mol. The number of hydrogen-bond donors (Lipinski definition) is 2. The van der Waals surface area contributed by atoms with E-state index in [1.807, 2.05) is 75.5 Å². The Balaban J connectivity index is 1.18. The van der Waals surface area contributed by atoms with E-state index in [1.54, 1.807) is 6.07 Å². The Labute approximate surface area is 269 Å². The number of rotatable bonds is 7. The van der Waals surface area contributed by atoms with Gasteiger partial charge in [0.25, 0.3) is 10.1 Å². The van der Waals surface area contributed by atoms with E-state index < -0.39 is 75.4 Å². The maximum Gasteiger partial charge on any atom is 0.344 e. The minimum atomic E-state index is -4.11. The van der Waals surface area contributed by atoms with E-state index in [-0.39, 0.29) is 11.3 Å². The number of esters is 3. The van der Waals surface area contributed by atoms with Crippen LogP contribution in [0.2, 0.25) is 0 Å². The standard InChI is InChI=1S/C28H27I2NO10S/c29-15-10-17(22(33)19(30)11-15)26(34)38-13-20(32)39-23-16-12-18-24(23)41-42(36,37)25(18)21(16)27(35)40-28(6-8-31-9-7-28)14-4-2-1-3-5-14/h1-5,10-11,16,18,21,23-25,31,33H,6-9,12-13H2/p+1. The number of quaternary nitrogens is 1. The van der Waals surface area contributed by atoms with Crippen molar-refractivity contribution in [3.8, 4) is 5.75 Å². The zero-order chi connectivity index (χ0) is 29.8. The van der Waals surface area contributed by atoms with Crippen LogP contribution in [0.15, 0.2) is 42.5 Å². The second-order valence-electron chi connectivity index (χ2n) is 11.1. The lowest BCUT2D eigenvalue weighted by Crippen LogP contribution is -2.87. The Kier molecular flexibility index (Phi) is 8.21. The monoisotopic (exact) mass is 824 g/mol. The molecule has 0 spiro atoms. The van der Waals surface area contributed by atoms with Crippen LogP contribution in [0.5, 0.6) is 5.75 Å². The Morgan fingerprint density at radius 1 is 1.07 bits per heavy atom. The number of halogens is 2. The van der Waals surface area contributed by atoms with Crippen molar-refractivity contribution in [2.45, 2.75) is 42.3 Å². The van der Waals surface area contributed by atoms with Crippen LogP contribution in [0.25, 0.3) is 0 Å². The van der Waals surface area contributed by atoms with Crippen LogP contribution in [0.4, 0.5) is 0 Å². The summed E-state index contributed by atoms with van der Waals surface area (Å²) in [6.07, 6.45) is -0.445. The number of piperidine rings is 1. The summed E-state index contributed by atoms with van der Waals surface area (Å²) in [4.78, 5) is 39.2. The lowest BCUT2D eigenvalue weighted by molar-refractivity contribution is -0.668. The molecular weight excluding hydrogens is 796 g/mol. The van der Waals surface area contributed by atoms with Gasteiger partial charge in [0.15, 0.2) is 6.61 Å². The minimum absolute atomic E-state index is 0.0949. The molecule has 6 rings (SSSR count). The summed E-state index contributed by atoms with van der Waals surface area (Å²) in [5, 5.41) is 11.3. The summed E-state index contributed by atoms with van der Waals surface area (Å²) in [7, 11) is -4.11. The first kappa shape index (κ1) is 30.0. The van der Waals surface area contributed by atoms with Crippen molar-refractivity contribution in [1.29, 1.82) is 0 Å². The molecule has 2 aromatic rings. The van der Waals surface area contributed by atoms with Crippen molar-refractivity contribution in [3.05, 3.63) is 60.7 Å². The highest BCUT2D eigenvalue weighted by Crippen LogP contribution is 2.59. The van der Waals surface area contributed by atoms with E-state index in [2.05, 4.69) is 5.32 Å². The summed E-state index contributed by atoms with van der Waals surface area (Å²) in [6.45, 7) is 0.744. The first-order valence-corrected chi connectivity index (χ1v) is 17.2. The van der Waals surface area contributed by atoms with Crippen molar-refractivity contribution in [2.75, 3.05) is 19.7 Å². The third-order valence-electron chi connectivity index (χ3n) is 8.74. The molecule has 2 saturated carbocycles.